The van der Waals surface area contributed by atoms with Crippen molar-refractivity contribution in [3.8, 4) is 5.75 Å². The number of carbonyl (C=O) groups is 2. The van der Waals surface area contributed by atoms with E-state index in [2.05, 4.69) is 10.5 Å². The van der Waals surface area contributed by atoms with Crippen LogP contribution in [0.1, 0.15) is 26.3 Å². The third-order valence-electron chi connectivity index (χ3n) is 3.66. The molecule has 0 radical (unpaired) electrons. The fourth-order valence-corrected chi connectivity index (χ4v) is 2.53. The first-order valence-corrected chi connectivity index (χ1v) is 8.94. The molecule has 7 heteroatoms. The number of halogens is 2. The average Bonchev–Trinajstić information content (AvgIpc) is 2.72. The summed E-state index contributed by atoms with van der Waals surface area (Å²) in [4.78, 5) is 24.0. The average molecular weight is 413 g/mol. The van der Waals surface area contributed by atoms with E-state index in [4.69, 9.17) is 27.9 Å². The SMILES string of the molecule is O=C(N/N=C\c1ccc(OC(=O)c2ccc(Cl)c(Cl)c2)cc1)c1ccccc1. The van der Waals surface area contributed by atoms with Gasteiger partial charge in [-0.05, 0) is 60.2 Å². The van der Waals surface area contributed by atoms with E-state index in [1.54, 1.807) is 48.5 Å². The first-order valence-electron chi connectivity index (χ1n) is 8.19. The van der Waals surface area contributed by atoms with Crippen LogP contribution in [-0.2, 0) is 0 Å². The molecule has 0 aromatic heterocycles. The molecule has 0 aliphatic rings. The molecule has 0 saturated carbocycles. The Labute approximate surface area is 171 Å². The van der Waals surface area contributed by atoms with Crippen molar-refractivity contribution in [3.63, 3.8) is 0 Å². The van der Waals surface area contributed by atoms with Crippen molar-refractivity contribution in [2.24, 2.45) is 5.10 Å². The van der Waals surface area contributed by atoms with E-state index in [-0.39, 0.29) is 10.9 Å². The first-order chi connectivity index (χ1) is 13.5. The summed E-state index contributed by atoms with van der Waals surface area (Å²) in [5.41, 5.74) is 3.99. The number of nitrogens with one attached hydrogen (secondary N) is 1. The highest BCUT2D eigenvalue weighted by molar-refractivity contribution is 6.42. The summed E-state index contributed by atoms with van der Waals surface area (Å²) < 4.78 is 5.30. The fraction of sp³-hybridized carbons (Fsp3) is 0. The van der Waals surface area contributed by atoms with Gasteiger partial charge in [0.2, 0.25) is 0 Å². The predicted octanol–water partition coefficient (Wildman–Crippen LogP) is 4.98. The van der Waals surface area contributed by atoms with Crippen molar-refractivity contribution >= 4 is 41.3 Å². The minimum atomic E-state index is -0.546. The highest BCUT2D eigenvalue weighted by Crippen LogP contribution is 2.23. The van der Waals surface area contributed by atoms with Gasteiger partial charge < -0.3 is 4.74 Å². The molecule has 0 aliphatic carbocycles. The van der Waals surface area contributed by atoms with Crippen LogP contribution in [0.25, 0.3) is 0 Å². The molecule has 1 N–H and O–H groups in total. The zero-order valence-electron chi connectivity index (χ0n) is 14.4. The molecule has 5 nitrogen and oxygen atoms in total. The zero-order chi connectivity index (χ0) is 19.9. The first kappa shape index (κ1) is 19.6. The van der Waals surface area contributed by atoms with Crippen molar-refractivity contribution in [1.82, 2.24) is 5.43 Å². The third kappa shape index (κ3) is 5.19. The van der Waals surface area contributed by atoms with Gasteiger partial charge in [0.05, 0.1) is 21.8 Å². The van der Waals surface area contributed by atoms with Gasteiger partial charge in [0.1, 0.15) is 5.75 Å². The summed E-state index contributed by atoms with van der Waals surface area (Å²) in [7, 11) is 0. The lowest BCUT2D eigenvalue weighted by Crippen LogP contribution is -2.17. The molecule has 0 fully saturated rings. The molecular weight excluding hydrogens is 399 g/mol. The van der Waals surface area contributed by atoms with Crippen LogP contribution in [0.2, 0.25) is 10.0 Å². The Morgan fingerprint density at radius 1 is 0.857 bits per heavy atom. The van der Waals surface area contributed by atoms with Crippen LogP contribution >= 0.6 is 23.2 Å². The number of hydrogen-bond acceptors (Lipinski definition) is 4. The summed E-state index contributed by atoms with van der Waals surface area (Å²) in [6.45, 7) is 0. The van der Waals surface area contributed by atoms with Crippen molar-refractivity contribution in [1.29, 1.82) is 0 Å². The molecule has 0 aliphatic heterocycles. The van der Waals surface area contributed by atoms with Crippen molar-refractivity contribution in [2.75, 3.05) is 0 Å². The van der Waals surface area contributed by atoms with E-state index < -0.39 is 5.97 Å². The van der Waals surface area contributed by atoms with Gasteiger partial charge >= 0.3 is 5.97 Å². The zero-order valence-corrected chi connectivity index (χ0v) is 15.9. The normalized spacial score (nSPS) is 10.6. The largest absolute Gasteiger partial charge is 0.423 e. The van der Waals surface area contributed by atoms with Crippen molar-refractivity contribution < 1.29 is 14.3 Å². The molecular formula is C21H14Cl2N2O3. The lowest BCUT2D eigenvalue weighted by Gasteiger charge is -2.05. The highest BCUT2D eigenvalue weighted by atomic mass is 35.5. The molecule has 0 bridgehead atoms. The number of carbonyl (C=O) groups excluding carboxylic acids is 2. The minimum Gasteiger partial charge on any atom is -0.423 e. The molecule has 3 rings (SSSR count). The number of nitrogens with zero attached hydrogens (tertiary/aromatic N) is 1. The van der Waals surface area contributed by atoms with E-state index in [0.29, 0.717) is 21.9 Å². The summed E-state index contributed by atoms with van der Waals surface area (Å²) in [6, 6.07) is 19.9. The van der Waals surface area contributed by atoms with Crippen LogP contribution in [-0.4, -0.2) is 18.1 Å². The molecule has 3 aromatic carbocycles. The van der Waals surface area contributed by atoms with Gasteiger partial charge in [-0.15, -0.1) is 0 Å². The smallest absolute Gasteiger partial charge is 0.343 e. The number of hydrogen-bond donors (Lipinski definition) is 1. The molecule has 0 atom stereocenters. The molecule has 0 heterocycles. The van der Waals surface area contributed by atoms with Gasteiger partial charge in [-0.3, -0.25) is 4.79 Å². The lowest BCUT2D eigenvalue weighted by atomic mass is 10.2. The predicted molar refractivity (Wildman–Crippen MR) is 109 cm³/mol. The molecule has 28 heavy (non-hydrogen) atoms. The number of esters is 1. The number of rotatable bonds is 5. The monoisotopic (exact) mass is 412 g/mol. The van der Waals surface area contributed by atoms with Crippen LogP contribution in [0.5, 0.6) is 5.75 Å². The van der Waals surface area contributed by atoms with Crippen LogP contribution in [0.4, 0.5) is 0 Å². The van der Waals surface area contributed by atoms with Crippen LogP contribution in [0, 0.1) is 0 Å². The van der Waals surface area contributed by atoms with Gasteiger partial charge in [0.15, 0.2) is 0 Å². The van der Waals surface area contributed by atoms with Crippen LogP contribution in [0.3, 0.4) is 0 Å². The van der Waals surface area contributed by atoms with Crippen LogP contribution in [0.15, 0.2) is 77.9 Å². The quantitative estimate of drug-likeness (QED) is 0.278. The number of hydrazone groups is 1. The second kappa shape index (κ2) is 9.17. The standard InChI is InChI=1S/C21H14Cl2N2O3/c22-18-11-8-16(12-19(18)23)21(27)28-17-9-6-14(7-10-17)13-24-25-20(26)15-4-2-1-3-5-15/h1-13H,(H,25,26)/b24-13-. The number of ether oxygens (including phenoxy) is 1. The molecule has 140 valence electrons. The lowest BCUT2D eigenvalue weighted by molar-refractivity contribution is 0.0734. The Morgan fingerprint density at radius 3 is 2.25 bits per heavy atom. The second-order valence-electron chi connectivity index (χ2n) is 5.65. The van der Waals surface area contributed by atoms with E-state index in [9.17, 15) is 9.59 Å². The summed E-state index contributed by atoms with van der Waals surface area (Å²) in [6.07, 6.45) is 1.49. The number of amides is 1. The Morgan fingerprint density at radius 2 is 1.57 bits per heavy atom. The van der Waals surface area contributed by atoms with Crippen molar-refractivity contribution in [3.05, 3.63) is 99.5 Å². The number of benzene rings is 3. The summed E-state index contributed by atoms with van der Waals surface area (Å²) >= 11 is 11.7. The Kier molecular flexibility index (Phi) is 6.42. The molecule has 0 saturated heterocycles. The molecule has 0 spiro atoms. The van der Waals surface area contributed by atoms with E-state index >= 15 is 0 Å². The van der Waals surface area contributed by atoms with Crippen LogP contribution < -0.4 is 10.2 Å². The Balaban J connectivity index is 1.58. The maximum atomic E-state index is 12.1. The van der Waals surface area contributed by atoms with E-state index in [0.717, 1.165) is 5.56 Å². The minimum absolute atomic E-state index is 0.278. The maximum absolute atomic E-state index is 12.1. The van der Waals surface area contributed by atoms with Gasteiger partial charge in [-0.1, -0.05) is 41.4 Å². The van der Waals surface area contributed by atoms with Gasteiger partial charge in [-0.2, -0.15) is 5.10 Å². The van der Waals surface area contributed by atoms with Gasteiger partial charge in [0.25, 0.3) is 5.91 Å². The van der Waals surface area contributed by atoms with E-state index in [1.165, 1.54) is 24.4 Å². The van der Waals surface area contributed by atoms with Crippen molar-refractivity contribution in [2.45, 2.75) is 0 Å². The van der Waals surface area contributed by atoms with Gasteiger partial charge in [-0.25, -0.2) is 10.2 Å². The molecule has 0 unspecified atom stereocenters. The second-order valence-corrected chi connectivity index (χ2v) is 6.47. The van der Waals surface area contributed by atoms with E-state index in [1.807, 2.05) is 6.07 Å². The maximum Gasteiger partial charge on any atom is 0.343 e. The highest BCUT2D eigenvalue weighted by Gasteiger charge is 2.10. The summed E-state index contributed by atoms with van der Waals surface area (Å²) in [5, 5.41) is 4.55. The molecule has 3 aromatic rings. The van der Waals surface area contributed by atoms with Gasteiger partial charge in [0, 0.05) is 5.56 Å². The molecule has 1 amide bonds. The third-order valence-corrected chi connectivity index (χ3v) is 4.40. The summed E-state index contributed by atoms with van der Waals surface area (Å²) in [5.74, 6) is -0.485. The topological polar surface area (TPSA) is 67.8 Å². The Bertz CT molecular complexity index is 1020. The fourth-order valence-electron chi connectivity index (χ4n) is 2.23. The Hall–Kier alpha value is -3.15.